The molecule has 1 aromatic rings. The average molecular weight is 260 g/mol. The highest BCUT2D eigenvalue weighted by Crippen LogP contribution is 2.24. The van der Waals surface area contributed by atoms with Crippen LogP contribution in [-0.2, 0) is 6.54 Å². The van der Waals surface area contributed by atoms with Gasteiger partial charge < -0.3 is 4.90 Å². The molecule has 1 fully saturated rings. The van der Waals surface area contributed by atoms with Gasteiger partial charge in [0.25, 0.3) is 0 Å². The lowest BCUT2D eigenvalue weighted by molar-refractivity contribution is 0.228. The molecule has 3 heteroatoms. The van der Waals surface area contributed by atoms with Crippen LogP contribution in [0.4, 0.5) is 4.39 Å². The third kappa shape index (κ3) is 4.04. The molecule has 0 atom stereocenters. The standard InChI is InChI=1S/C16H21FN2/c1-19(11-13-5-3-2-4-6-13)12-15-9-16(17)8-7-14(15)10-18/h7-9,13H,2-6,11-12H2,1H3. The fraction of sp³-hybridized carbons (Fsp3) is 0.562. The first kappa shape index (κ1) is 14.0. The number of rotatable bonds is 4. The predicted octanol–water partition coefficient (Wildman–Crippen LogP) is 3.71. The second-order valence-electron chi connectivity index (χ2n) is 5.61. The Morgan fingerprint density at radius 3 is 2.74 bits per heavy atom. The molecule has 1 saturated carbocycles. The van der Waals surface area contributed by atoms with Gasteiger partial charge in [0.1, 0.15) is 5.82 Å². The van der Waals surface area contributed by atoms with Crippen molar-refractivity contribution in [3.8, 4) is 6.07 Å². The molecule has 0 aliphatic heterocycles. The summed E-state index contributed by atoms with van der Waals surface area (Å²) in [4.78, 5) is 2.21. The minimum atomic E-state index is -0.264. The lowest BCUT2D eigenvalue weighted by Gasteiger charge is -2.27. The van der Waals surface area contributed by atoms with Gasteiger partial charge in [-0.25, -0.2) is 4.39 Å². The molecule has 0 spiro atoms. The summed E-state index contributed by atoms with van der Waals surface area (Å²) in [7, 11) is 2.06. The number of hydrogen-bond acceptors (Lipinski definition) is 2. The van der Waals surface area contributed by atoms with Crippen LogP contribution in [0.3, 0.4) is 0 Å². The van der Waals surface area contributed by atoms with Crippen LogP contribution in [0.2, 0.25) is 0 Å². The van der Waals surface area contributed by atoms with E-state index in [9.17, 15) is 4.39 Å². The summed E-state index contributed by atoms with van der Waals surface area (Å²) in [6.45, 7) is 1.69. The van der Waals surface area contributed by atoms with E-state index in [1.165, 1.54) is 44.2 Å². The maximum absolute atomic E-state index is 13.3. The molecule has 0 bridgehead atoms. The summed E-state index contributed by atoms with van der Waals surface area (Å²) < 4.78 is 13.3. The number of halogens is 1. The van der Waals surface area contributed by atoms with E-state index in [0.29, 0.717) is 12.1 Å². The second-order valence-corrected chi connectivity index (χ2v) is 5.61. The molecule has 0 saturated heterocycles. The molecule has 0 unspecified atom stereocenters. The predicted molar refractivity (Wildman–Crippen MR) is 74.0 cm³/mol. The smallest absolute Gasteiger partial charge is 0.123 e. The van der Waals surface area contributed by atoms with Crippen molar-refractivity contribution in [2.24, 2.45) is 5.92 Å². The third-order valence-corrected chi connectivity index (χ3v) is 3.92. The van der Waals surface area contributed by atoms with Gasteiger partial charge in [0.2, 0.25) is 0 Å². The fourth-order valence-corrected chi connectivity index (χ4v) is 2.97. The fourth-order valence-electron chi connectivity index (χ4n) is 2.97. The largest absolute Gasteiger partial charge is 0.302 e. The normalized spacial score (nSPS) is 16.5. The Bertz CT molecular complexity index is 458. The molecular weight excluding hydrogens is 239 g/mol. The van der Waals surface area contributed by atoms with Crippen molar-refractivity contribution < 1.29 is 4.39 Å². The van der Waals surface area contributed by atoms with Gasteiger partial charge in [0, 0.05) is 13.1 Å². The van der Waals surface area contributed by atoms with E-state index >= 15 is 0 Å². The monoisotopic (exact) mass is 260 g/mol. The van der Waals surface area contributed by atoms with E-state index < -0.39 is 0 Å². The summed E-state index contributed by atoms with van der Waals surface area (Å²) in [5.74, 6) is 0.498. The van der Waals surface area contributed by atoms with Gasteiger partial charge in [0.05, 0.1) is 11.6 Å². The molecule has 0 N–H and O–H groups in total. The van der Waals surface area contributed by atoms with Crippen LogP contribution in [-0.4, -0.2) is 18.5 Å². The lowest BCUT2D eigenvalue weighted by atomic mass is 9.89. The highest BCUT2D eigenvalue weighted by Gasteiger charge is 2.16. The summed E-state index contributed by atoms with van der Waals surface area (Å²) in [6, 6.07) is 6.54. The van der Waals surface area contributed by atoms with E-state index in [0.717, 1.165) is 18.0 Å². The molecule has 0 heterocycles. The Hall–Kier alpha value is -1.40. The first-order valence-electron chi connectivity index (χ1n) is 7.06. The number of hydrogen-bond donors (Lipinski definition) is 0. The number of benzene rings is 1. The van der Waals surface area contributed by atoms with Crippen LogP contribution >= 0.6 is 0 Å². The summed E-state index contributed by atoms with van der Waals surface area (Å²) in [5, 5.41) is 9.05. The SMILES string of the molecule is CN(Cc1cc(F)ccc1C#N)CC1CCCCC1. The molecule has 1 aliphatic carbocycles. The van der Waals surface area contributed by atoms with Gasteiger partial charge in [-0.05, 0) is 49.6 Å². The van der Waals surface area contributed by atoms with Crippen LogP contribution in [0.5, 0.6) is 0 Å². The first-order chi connectivity index (χ1) is 9.19. The van der Waals surface area contributed by atoms with Crippen LogP contribution in [0.15, 0.2) is 18.2 Å². The highest BCUT2D eigenvalue weighted by molar-refractivity contribution is 5.37. The zero-order valence-corrected chi connectivity index (χ0v) is 11.5. The molecule has 2 nitrogen and oxygen atoms in total. The van der Waals surface area contributed by atoms with Crippen molar-refractivity contribution in [2.45, 2.75) is 38.6 Å². The van der Waals surface area contributed by atoms with Gasteiger partial charge in [-0.1, -0.05) is 19.3 Å². The van der Waals surface area contributed by atoms with Gasteiger partial charge in [-0.2, -0.15) is 5.26 Å². The van der Waals surface area contributed by atoms with Gasteiger partial charge in [0.15, 0.2) is 0 Å². The zero-order valence-electron chi connectivity index (χ0n) is 11.5. The Balaban J connectivity index is 1.96. The molecule has 0 amide bonds. The quantitative estimate of drug-likeness (QED) is 0.825. The molecule has 1 aliphatic rings. The summed E-state index contributed by atoms with van der Waals surface area (Å²) >= 11 is 0. The van der Waals surface area contributed by atoms with Gasteiger partial charge in [-0.3, -0.25) is 0 Å². The second kappa shape index (κ2) is 6.68. The molecule has 102 valence electrons. The molecule has 1 aromatic carbocycles. The van der Waals surface area contributed by atoms with Crippen LogP contribution < -0.4 is 0 Å². The number of nitrogens with zero attached hydrogens (tertiary/aromatic N) is 2. The Labute approximate surface area is 114 Å². The number of nitriles is 1. The molecule has 0 radical (unpaired) electrons. The van der Waals surface area contributed by atoms with Crippen molar-refractivity contribution in [3.05, 3.63) is 35.1 Å². The van der Waals surface area contributed by atoms with Gasteiger partial charge in [-0.15, -0.1) is 0 Å². The van der Waals surface area contributed by atoms with Crippen LogP contribution in [0.25, 0.3) is 0 Å². The van der Waals surface area contributed by atoms with Gasteiger partial charge >= 0.3 is 0 Å². The Morgan fingerprint density at radius 1 is 1.32 bits per heavy atom. The topological polar surface area (TPSA) is 27.0 Å². The lowest BCUT2D eigenvalue weighted by Crippen LogP contribution is -2.27. The maximum Gasteiger partial charge on any atom is 0.123 e. The molecule has 0 aromatic heterocycles. The summed E-state index contributed by atoms with van der Waals surface area (Å²) in [5.41, 5.74) is 1.37. The first-order valence-corrected chi connectivity index (χ1v) is 7.06. The minimum Gasteiger partial charge on any atom is -0.302 e. The molecular formula is C16H21FN2. The third-order valence-electron chi connectivity index (χ3n) is 3.92. The zero-order chi connectivity index (χ0) is 13.7. The average Bonchev–Trinajstić information content (AvgIpc) is 2.40. The van der Waals surface area contributed by atoms with E-state index in [1.54, 1.807) is 6.07 Å². The summed E-state index contributed by atoms with van der Waals surface area (Å²) in [6.07, 6.45) is 6.64. The maximum atomic E-state index is 13.3. The molecule has 2 rings (SSSR count). The highest BCUT2D eigenvalue weighted by atomic mass is 19.1. The van der Waals surface area contributed by atoms with Crippen LogP contribution in [0.1, 0.15) is 43.2 Å². The van der Waals surface area contributed by atoms with Crippen LogP contribution in [0, 0.1) is 23.1 Å². The van der Waals surface area contributed by atoms with E-state index in [1.807, 2.05) is 0 Å². The van der Waals surface area contributed by atoms with E-state index in [-0.39, 0.29) is 5.82 Å². The molecule has 19 heavy (non-hydrogen) atoms. The van der Waals surface area contributed by atoms with E-state index in [2.05, 4.69) is 18.0 Å². The Kier molecular flexibility index (Phi) is 4.93. The van der Waals surface area contributed by atoms with Crippen molar-refractivity contribution in [3.63, 3.8) is 0 Å². The minimum absolute atomic E-state index is 0.264. The van der Waals surface area contributed by atoms with E-state index in [4.69, 9.17) is 5.26 Å². The van der Waals surface area contributed by atoms with Crippen molar-refractivity contribution >= 4 is 0 Å². The van der Waals surface area contributed by atoms with Crippen molar-refractivity contribution in [2.75, 3.05) is 13.6 Å². The Morgan fingerprint density at radius 2 is 2.05 bits per heavy atom. The van der Waals surface area contributed by atoms with Crippen molar-refractivity contribution in [1.29, 1.82) is 5.26 Å². The van der Waals surface area contributed by atoms with Crippen molar-refractivity contribution in [1.82, 2.24) is 4.90 Å².